The molecule has 0 unspecified atom stereocenters. The van der Waals surface area contributed by atoms with Crippen molar-refractivity contribution in [3.63, 3.8) is 0 Å². The van der Waals surface area contributed by atoms with Gasteiger partial charge in [-0.15, -0.1) is 0 Å². The van der Waals surface area contributed by atoms with Crippen LogP contribution in [0.15, 0.2) is 127 Å². The van der Waals surface area contributed by atoms with Crippen molar-refractivity contribution >= 4 is 54.4 Å². The number of nitrogens with zero attached hydrogens (tertiary/aromatic N) is 2. The molecule has 0 radical (unpaired) electrons. The maximum absolute atomic E-state index is 2.44. The lowest BCUT2D eigenvalue weighted by molar-refractivity contribution is 1.17. The Bertz CT molecular complexity index is 2100. The van der Waals surface area contributed by atoms with E-state index in [4.69, 9.17) is 0 Å². The molecule has 0 aliphatic rings. The van der Waals surface area contributed by atoms with Gasteiger partial charge in [-0.2, -0.15) is 0 Å². The molecule has 6 aromatic carbocycles. The van der Waals surface area contributed by atoms with Crippen LogP contribution in [0.4, 0.5) is 0 Å². The van der Waals surface area contributed by atoms with E-state index in [0.29, 0.717) is 0 Å². The minimum Gasteiger partial charge on any atom is -0.309 e. The first kappa shape index (κ1) is 20.4. The van der Waals surface area contributed by atoms with E-state index in [1.54, 1.807) is 0 Å². The molecule has 37 heavy (non-hydrogen) atoms. The van der Waals surface area contributed by atoms with Gasteiger partial charge in [0.15, 0.2) is 0 Å². The van der Waals surface area contributed by atoms with Gasteiger partial charge in [0.25, 0.3) is 0 Å². The normalized spacial score (nSPS) is 11.9. The number of para-hydroxylation sites is 3. The Labute approximate surface area is 214 Å². The Morgan fingerprint density at radius 2 is 1.00 bits per heavy atom. The van der Waals surface area contributed by atoms with Crippen LogP contribution in [-0.4, -0.2) is 9.13 Å². The van der Waals surface area contributed by atoms with Gasteiger partial charge in [-0.3, -0.25) is 0 Å². The van der Waals surface area contributed by atoms with E-state index in [1.165, 1.54) is 71.3 Å². The molecule has 0 N–H and O–H groups in total. The smallest absolute Gasteiger partial charge is 0.0562 e. The maximum Gasteiger partial charge on any atom is 0.0562 e. The van der Waals surface area contributed by atoms with Crippen molar-refractivity contribution in [2.24, 2.45) is 0 Å². The van der Waals surface area contributed by atoms with Crippen LogP contribution in [0.1, 0.15) is 5.56 Å². The summed E-state index contributed by atoms with van der Waals surface area (Å²) in [5.74, 6) is 0. The van der Waals surface area contributed by atoms with Crippen LogP contribution in [0.25, 0.3) is 65.8 Å². The molecule has 174 valence electrons. The average molecular weight is 473 g/mol. The monoisotopic (exact) mass is 472 g/mol. The molecule has 8 rings (SSSR count). The number of aromatic nitrogens is 2. The van der Waals surface area contributed by atoms with Gasteiger partial charge in [0.05, 0.1) is 27.8 Å². The Hall–Kier alpha value is -4.82. The van der Waals surface area contributed by atoms with E-state index < -0.39 is 0 Å². The third-order valence-electron chi connectivity index (χ3n) is 7.73. The number of benzene rings is 6. The van der Waals surface area contributed by atoms with E-state index in [9.17, 15) is 0 Å². The predicted molar refractivity (Wildman–Crippen MR) is 157 cm³/mol. The molecule has 2 nitrogen and oxygen atoms in total. The van der Waals surface area contributed by atoms with Crippen molar-refractivity contribution in [1.29, 1.82) is 0 Å². The van der Waals surface area contributed by atoms with Crippen molar-refractivity contribution in [3.05, 3.63) is 133 Å². The van der Waals surface area contributed by atoms with Gasteiger partial charge in [0.2, 0.25) is 0 Å². The molecule has 0 spiro atoms. The van der Waals surface area contributed by atoms with Gasteiger partial charge in [-0.25, -0.2) is 0 Å². The molecule has 0 bridgehead atoms. The highest BCUT2D eigenvalue weighted by Crippen LogP contribution is 2.39. The van der Waals surface area contributed by atoms with Crippen molar-refractivity contribution in [3.8, 4) is 11.4 Å². The molecule has 0 aliphatic carbocycles. The van der Waals surface area contributed by atoms with Crippen LogP contribution in [-0.2, 0) is 0 Å². The molecule has 2 aromatic heterocycles. The second-order valence-corrected chi connectivity index (χ2v) is 9.93. The second-order valence-electron chi connectivity index (χ2n) is 9.93. The lowest BCUT2D eigenvalue weighted by Gasteiger charge is -2.12. The van der Waals surface area contributed by atoms with Gasteiger partial charge in [0.1, 0.15) is 0 Å². The third-order valence-corrected chi connectivity index (χ3v) is 7.73. The first-order chi connectivity index (χ1) is 18.3. The Morgan fingerprint density at radius 1 is 0.432 bits per heavy atom. The number of aryl methyl sites for hydroxylation is 1. The van der Waals surface area contributed by atoms with Gasteiger partial charge in [-0.1, -0.05) is 90.5 Å². The van der Waals surface area contributed by atoms with Crippen LogP contribution < -0.4 is 0 Å². The van der Waals surface area contributed by atoms with Crippen molar-refractivity contribution in [1.82, 2.24) is 9.13 Å². The molecule has 8 aromatic rings. The number of rotatable bonds is 2. The lowest BCUT2D eigenvalue weighted by atomic mass is 10.1. The van der Waals surface area contributed by atoms with E-state index in [2.05, 4.69) is 143 Å². The van der Waals surface area contributed by atoms with Crippen LogP contribution in [0.5, 0.6) is 0 Å². The highest BCUT2D eigenvalue weighted by molar-refractivity contribution is 6.16. The maximum atomic E-state index is 2.44. The molecular formula is C35H24N2. The minimum absolute atomic E-state index is 1.18. The van der Waals surface area contributed by atoms with Crippen LogP contribution in [0, 0.1) is 6.92 Å². The highest BCUT2D eigenvalue weighted by atomic mass is 15.0. The van der Waals surface area contributed by atoms with Gasteiger partial charge in [-0.05, 0) is 60.2 Å². The summed E-state index contributed by atoms with van der Waals surface area (Å²) in [7, 11) is 0. The lowest BCUT2D eigenvalue weighted by Crippen LogP contribution is -1.96. The summed E-state index contributed by atoms with van der Waals surface area (Å²) in [5.41, 5.74) is 8.57. The molecule has 0 aliphatic heterocycles. The molecule has 0 saturated heterocycles. The number of hydrogen-bond donors (Lipinski definition) is 0. The van der Waals surface area contributed by atoms with E-state index in [-0.39, 0.29) is 0 Å². The van der Waals surface area contributed by atoms with Crippen molar-refractivity contribution in [2.75, 3.05) is 0 Å². The molecule has 0 saturated carbocycles. The van der Waals surface area contributed by atoms with E-state index in [1.807, 2.05) is 0 Å². The fourth-order valence-electron chi connectivity index (χ4n) is 6.14. The average Bonchev–Trinajstić information content (AvgIpc) is 3.46. The van der Waals surface area contributed by atoms with Crippen LogP contribution in [0.2, 0.25) is 0 Å². The molecule has 2 heterocycles. The van der Waals surface area contributed by atoms with Gasteiger partial charge >= 0.3 is 0 Å². The zero-order valence-electron chi connectivity index (χ0n) is 20.5. The highest BCUT2D eigenvalue weighted by Gasteiger charge is 2.19. The Kier molecular flexibility index (Phi) is 4.18. The molecular weight excluding hydrogens is 448 g/mol. The molecule has 2 heteroatoms. The quantitative estimate of drug-likeness (QED) is 0.237. The molecule has 0 fully saturated rings. The summed E-state index contributed by atoms with van der Waals surface area (Å²) in [4.78, 5) is 0. The summed E-state index contributed by atoms with van der Waals surface area (Å²) < 4.78 is 4.86. The zero-order chi connectivity index (χ0) is 24.5. The zero-order valence-corrected chi connectivity index (χ0v) is 20.5. The summed E-state index contributed by atoms with van der Waals surface area (Å²) in [6.07, 6.45) is 0. The van der Waals surface area contributed by atoms with Crippen LogP contribution >= 0.6 is 0 Å². The van der Waals surface area contributed by atoms with E-state index >= 15 is 0 Å². The fraction of sp³-hybridized carbons (Fsp3) is 0.0286. The summed E-state index contributed by atoms with van der Waals surface area (Å²) >= 11 is 0. The van der Waals surface area contributed by atoms with Gasteiger partial charge in [0, 0.05) is 27.2 Å². The van der Waals surface area contributed by atoms with Crippen molar-refractivity contribution < 1.29 is 0 Å². The summed E-state index contributed by atoms with van der Waals surface area (Å²) in [6, 6.07) is 46.5. The number of hydrogen-bond acceptors (Lipinski definition) is 0. The second kappa shape index (κ2) is 7.59. The Balaban J connectivity index is 1.51. The first-order valence-electron chi connectivity index (χ1n) is 12.8. The van der Waals surface area contributed by atoms with Crippen molar-refractivity contribution in [2.45, 2.75) is 6.92 Å². The minimum atomic E-state index is 1.18. The Morgan fingerprint density at radius 3 is 1.73 bits per heavy atom. The first-order valence-corrected chi connectivity index (χ1v) is 12.8. The summed E-state index contributed by atoms with van der Waals surface area (Å²) in [5, 5.41) is 7.63. The standard InChI is InChI=1S/C35H24N2/c1-23-17-18-25-22-26(20-19-24(25)21-23)36-32-14-7-4-11-29(32)35-33(36)15-8-16-34(35)37-30-12-5-2-9-27(30)28-10-3-6-13-31(28)37/h2-22H,1H3. The van der Waals surface area contributed by atoms with Crippen LogP contribution in [0.3, 0.4) is 0 Å². The number of fused-ring (bicyclic) bond motifs is 7. The third kappa shape index (κ3) is 2.87. The fourth-order valence-corrected chi connectivity index (χ4v) is 6.14. The van der Waals surface area contributed by atoms with E-state index in [0.717, 1.165) is 0 Å². The topological polar surface area (TPSA) is 9.86 Å². The molecule has 0 atom stereocenters. The molecule has 0 amide bonds. The largest absolute Gasteiger partial charge is 0.309 e. The summed E-state index contributed by atoms with van der Waals surface area (Å²) in [6.45, 7) is 2.15. The van der Waals surface area contributed by atoms with Gasteiger partial charge < -0.3 is 9.13 Å². The predicted octanol–water partition coefficient (Wildman–Crippen LogP) is 9.34. The SMILES string of the molecule is Cc1ccc2cc(-n3c4ccccc4c4c(-n5c6ccccc6c6ccccc65)cccc43)ccc2c1.